The molecular weight excluding hydrogens is 454 g/mol. The Bertz CT molecular complexity index is 1340. The van der Waals surface area contributed by atoms with Crippen LogP contribution in [0.2, 0.25) is 0 Å². The average molecular weight is 469 g/mol. The fraction of sp³-hybridized carbons (Fsp3) is 0.130. The number of benzene rings is 1. The molecule has 3 heterocycles. The molecule has 4 aromatic rings. The third-order valence-corrected chi connectivity index (χ3v) is 4.77. The standard InChI is InChI=1S/C23H15F4N5O2/c1-33-18-8-15(34-12-13-2-6-19(29-10-13)23(25,26)27)4-5-16(18)21-17(9-28)31-22(32-21)14-3-7-20(24)30-11-14/h2-8,10-11H,12H2,1H3,(H,31,32). The fourth-order valence-corrected chi connectivity index (χ4v) is 3.11. The van der Waals surface area contributed by atoms with E-state index in [-0.39, 0.29) is 12.3 Å². The number of pyridine rings is 2. The normalized spacial score (nSPS) is 11.2. The summed E-state index contributed by atoms with van der Waals surface area (Å²) in [6.07, 6.45) is -2.11. The van der Waals surface area contributed by atoms with Crippen LogP contribution in [0.3, 0.4) is 0 Å². The van der Waals surface area contributed by atoms with Crippen LogP contribution in [0.25, 0.3) is 22.6 Å². The molecular formula is C23H15F4N5O2. The first kappa shape index (κ1) is 22.7. The Morgan fingerprint density at radius 2 is 1.88 bits per heavy atom. The van der Waals surface area contributed by atoms with Crippen LogP contribution in [0.15, 0.2) is 54.9 Å². The summed E-state index contributed by atoms with van der Waals surface area (Å²) < 4.78 is 62.2. The number of ether oxygens (including phenoxy) is 2. The van der Waals surface area contributed by atoms with Crippen LogP contribution in [0.5, 0.6) is 11.5 Å². The summed E-state index contributed by atoms with van der Waals surface area (Å²) in [4.78, 5) is 14.3. The smallest absolute Gasteiger partial charge is 0.433 e. The highest BCUT2D eigenvalue weighted by Crippen LogP contribution is 2.35. The molecule has 34 heavy (non-hydrogen) atoms. The molecule has 0 radical (unpaired) electrons. The van der Waals surface area contributed by atoms with Crippen molar-refractivity contribution < 1.29 is 27.0 Å². The molecule has 4 rings (SSSR count). The number of hydrogen-bond acceptors (Lipinski definition) is 6. The van der Waals surface area contributed by atoms with Gasteiger partial charge in [0.2, 0.25) is 5.95 Å². The average Bonchev–Trinajstić information content (AvgIpc) is 3.27. The molecule has 0 aliphatic carbocycles. The number of imidazole rings is 1. The van der Waals surface area contributed by atoms with Gasteiger partial charge in [0, 0.05) is 35.2 Å². The number of rotatable bonds is 6. The van der Waals surface area contributed by atoms with E-state index in [0.29, 0.717) is 39.7 Å². The second-order valence-electron chi connectivity index (χ2n) is 6.99. The van der Waals surface area contributed by atoms with E-state index >= 15 is 0 Å². The number of nitriles is 1. The molecule has 0 atom stereocenters. The summed E-state index contributed by atoms with van der Waals surface area (Å²) in [5, 5.41) is 9.53. The lowest BCUT2D eigenvalue weighted by atomic mass is 10.1. The highest BCUT2D eigenvalue weighted by molar-refractivity contribution is 5.75. The van der Waals surface area contributed by atoms with E-state index in [2.05, 4.69) is 19.9 Å². The molecule has 7 nitrogen and oxygen atoms in total. The van der Waals surface area contributed by atoms with E-state index in [4.69, 9.17) is 9.47 Å². The van der Waals surface area contributed by atoms with Gasteiger partial charge in [0.1, 0.15) is 35.7 Å². The minimum absolute atomic E-state index is 0.0111. The Morgan fingerprint density at radius 3 is 2.50 bits per heavy atom. The number of halogens is 4. The number of nitrogens with zero attached hydrogens (tertiary/aromatic N) is 4. The largest absolute Gasteiger partial charge is 0.496 e. The van der Waals surface area contributed by atoms with E-state index in [1.807, 2.05) is 6.07 Å². The van der Waals surface area contributed by atoms with Gasteiger partial charge in [-0.05, 0) is 30.3 Å². The highest BCUT2D eigenvalue weighted by atomic mass is 19.4. The molecule has 1 N–H and O–H groups in total. The van der Waals surface area contributed by atoms with Gasteiger partial charge in [-0.15, -0.1) is 0 Å². The minimum atomic E-state index is -4.51. The van der Waals surface area contributed by atoms with E-state index in [9.17, 15) is 22.8 Å². The monoisotopic (exact) mass is 469 g/mol. The number of nitrogens with one attached hydrogen (secondary N) is 1. The van der Waals surface area contributed by atoms with Crippen molar-refractivity contribution in [1.29, 1.82) is 5.26 Å². The predicted octanol–water partition coefficient (Wildman–Crippen LogP) is 5.15. The predicted molar refractivity (Wildman–Crippen MR) is 112 cm³/mol. The maximum atomic E-state index is 13.1. The fourth-order valence-electron chi connectivity index (χ4n) is 3.11. The lowest BCUT2D eigenvalue weighted by molar-refractivity contribution is -0.141. The first-order valence-corrected chi connectivity index (χ1v) is 9.74. The molecule has 0 aliphatic rings. The number of methoxy groups -OCH3 is 1. The van der Waals surface area contributed by atoms with Gasteiger partial charge in [0.25, 0.3) is 0 Å². The third-order valence-electron chi connectivity index (χ3n) is 4.77. The summed E-state index contributed by atoms with van der Waals surface area (Å²) in [6.45, 7) is -0.0111. The van der Waals surface area contributed by atoms with E-state index in [1.165, 1.54) is 31.5 Å². The van der Waals surface area contributed by atoms with Gasteiger partial charge in [-0.1, -0.05) is 6.07 Å². The lowest BCUT2D eigenvalue weighted by Crippen LogP contribution is -2.08. The highest BCUT2D eigenvalue weighted by Gasteiger charge is 2.32. The summed E-state index contributed by atoms with van der Waals surface area (Å²) in [6, 6.07) is 11.7. The Hall–Kier alpha value is -4.46. The van der Waals surface area contributed by atoms with Crippen LogP contribution >= 0.6 is 0 Å². The van der Waals surface area contributed by atoms with Crippen molar-refractivity contribution in [2.45, 2.75) is 12.8 Å². The van der Waals surface area contributed by atoms with Gasteiger partial charge in [0.15, 0.2) is 5.69 Å². The molecule has 11 heteroatoms. The molecule has 0 spiro atoms. The molecule has 0 saturated heterocycles. The van der Waals surface area contributed by atoms with Gasteiger partial charge in [-0.25, -0.2) is 9.97 Å². The number of aromatic amines is 1. The first-order chi connectivity index (χ1) is 16.3. The number of hydrogen-bond donors (Lipinski definition) is 1. The second-order valence-corrected chi connectivity index (χ2v) is 6.99. The Kier molecular flexibility index (Phi) is 6.14. The Balaban J connectivity index is 1.57. The molecule has 1 aromatic carbocycles. The van der Waals surface area contributed by atoms with Crippen LogP contribution in [-0.2, 0) is 12.8 Å². The van der Waals surface area contributed by atoms with Gasteiger partial charge >= 0.3 is 6.18 Å². The topological polar surface area (TPSA) is 96.7 Å². The molecule has 0 fully saturated rings. The third kappa shape index (κ3) is 4.80. The summed E-state index contributed by atoms with van der Waals surface area (Å²) in [7, 11) is 1.44. The maximum Gasteiger partial charge on any atom is 0.433 e. The molecule has 3 aromatic heterocycles. The summed E-state index contributed by atoms with van der Waals surface area (Å²) in [5.41, 5.74) is 0.976. The quantitative estimate of drug-likeness (QED) is 0.310. The maximum absolute atomic E-state index is 13.1. The van der Waals surface area contributed by atoms with Crippen LogP contribution in [0.4, 0.5) is 17.6 Å². The summed E-state index contributed by atoms with van der Waals surface area (Å²) >= 11 is 0. The Labute approximate surface area is 190 Å². The van der Waals surface area contributed by atoms with Gasteiger partial charge in [-0.2, -0.15) is 22.8 Å². The van der Waals surface area contributed by atoms with Crippen molar-refractivity contribution >= 4 is 0 Å². The SMILES string of the molecule is COc1cc(OCc2ccc(C(F)(F)F)nc2)ccc1-c1[nH]c(-c2ccc(F)nc2)nc1C#N. The second kappa shape index (κ2) is 9.19. The minimum Gasteiger partial charge on any atom is -0.496 e. The molecule has 0 unspecified atom stereocenters. The zero-order valence-electron chi connectivity index (χ0n) is 17.5. The van der Waals surface area contributed by atoms with Gasteiger partial charge in [0.05, 0.1) is 12.8 Å². The molecule has 0 saturated carbocycles. The van der Waals surface area contributed by atoms with Crippen LogP contribution in [0, 0.1) is 17.3 Å². The molecule has 0 amide bonds. The van der Waals surface area contributed by atoms with E-state index < -0.39 is 17.8 Å². The Morgan fingerprint density at radius 1 is 1.06 bits per heavy atom. The van der Waals surface area contributed by atoms with Crippen LogP contribution in [-0.4, -0.2) is 27.0 Å². The van der Waals surface area contributed by atoms with Crippen molar-refractivity contribution in [1.82, 2.24) is 19.9 Å². The molecule has 172 valence electrons. The molecule has 0 aliphatic heterocycles. The van der Waals surface area contributed by atoms with E-state index in [0.717, 1.165) is 12.3 Å². The molecule has 0 bridgehead atoms. The van der Waals surface area contributed by atoms with Crippen molar-refractivity contribution in [3.8, 4) is 40.2 Å². The van der Waals surface area contributed by atoms with Crippen molar-refractivity contribution in [3.63, 3.8) is 0 Å². The first-order valence-electron chi connectivity index (χ1n) is 9.74. The zero-order chi connectivity index (χ0) is 24.3. The summed E-state index contributed by atoms with van der Waals surface area (Å²) in [5.74, 6) is 0.449. The van der Waals surface area contributed by atoms with E-state index in [1.54, 1.807) is 18.2 Å². The van der Waals surface area contributed by atoms with Crippen molar-refractivity contribution in [2.24, 2.45) is 0 Å². The van der Waals surface area contributed by atoms with Crippen molar-refractivity contribution in [3.05, 3.63) is 77.8 Å². The van der Waals surface area contributed by atoms with Crippen molar-refractivity contribution in [2.75, 3.05) is 7.11 Å². The van der Waals surface area contributed by atoms with Crippen LogP contribution < -0.4 is 9.47 Å². The number of H-pyrrole nitrogens is 1. The van der Waals surface area contributed by atoms with Gasteiger partial charge < -0.3 is 14.5 Å². The number of alkyl halides is 3. The number of aromatic nitrogens is 4. The lowest BCUT2D eigenvalue weighted by Gasteiger charge is -2.12. The zero-order valence-corrected chi connectivity index (χ0v) is 17.5. The van der Waals surface area contributed by atoms with Crippen LogP contribution in [0.1, 0.15) is 17.0 Å². The van der Waals surface area contributed by atoms with Gasteiger partial charge in [-0.3, -0.25) is 4.98 Å².